The van der Waals surface area contributed by atoms with E-state index >= 15 is 0 Å². The molecular formula is C21H20N2O2. The molecule has 1 aliphatic rings. The summed E-state index contributed by atoms with van der Waals surface area (Å²) in [5.41, 5.74) is 4.76. The molecule has 25 heavy (non-hydrogen) atoms. The van der Waals surface area contributed by atoms with Crippen molar-refractivity contribution in [3.05, 3.63) is 82.4 Å². The van der Waals surface area contributed by atoms with Crippen LogP contribution in [0.25, 0.3) is 12.2 Å². The second kappa shape index (κ2) is 6.22. The van der Waals surface area contributed by atoms with E-state index in [4.69, 9.17) is 4.74 Å². The van der Waals surface area contributed by atoms with Gasteiger partial charge in [0.1, 0.15) is 17.7 Å². The van der Waals surface area contributed by atoms with Gasteiger partial charge in [0, 0.05) is 6.54 Å². The highest BCUT2D eigenvalue weighted by Gasteiger charge is 2.24. The molecule has 1 aromatic heterocycles. The van der Waals surface area contributed by atoms with Gasteiger partial charge in [0.15, 0.2) is 0 Å². The van der Waals surface area contributed by atoms with Crippen LogP contribution in [0.15, 0.2) is 48.5 Å². The van der Waals surface area contributed by atoms with Crippen molar-refractivity contribution in [2.45, 2.75) is 19.6 Å². The number of hydrogen-bond acceptors (Lipinski definition) is 3. The number of aromatic nitrogens is 2. The normalized spacial score (nSPS) is 15.4. The van der Waals surface area contributed by atoms with Gasteiger partial charge in [-0.15, -0.1) is 0 Å². The maximum atomic E-state index is 10.8. The van der Waals surface area contributed by atoms with Crippen molar-refractivity contribution in [3.63, 3.8) is 0 Å². The Balaban J connectivity index is 1.75. The molecule has 1 N–H and O–H groups in total. The summed E-state index contributed by atoms with van der Waals surface area (Å²) < 4.78 is 7.36. The second-order valence-electron chi connectivity index (χ2n) is 6.23. The molecule has 4 rings (SSSR count). The Hall–Kier alpha value is -2.85. The fourth-order valence-electron chi connectivity index (χ4n) is 3.32. The number of hydrogen-bond donors (Lipinski definition) is 1. The van der Waals surface area contributed by atoms with Crippen molar-refractivity contribution in [1.29, 1.82) is 0 Å². The Morgan fingerprint density at radius 1 is 1.08 bits per heavy atom. The first-order chi connectivity index (χ1) is 12.2. The van der Waals surface area contributed by atoms with Crippen LogP contribution in [-0.4, -0.2) is 21.8 Å². The van der Waals surface area contributed by atoms with E-state index < -0.39 is 6.10 Å². The van der Waals surface area contributed by atoms with Crippen molar-refractivity contribution in [1.82, 2.24) is 9.55 Å². The van der Waals surface area contributed by atoms with Gasteiger partial charge >= 0.3 is 0 Å². The number of rotatable bonds is 3. The quantitative estimate of drug-likeness (QED) is 0.793. The summed E-state index contributed by atoms with van der Waals surface area (Å²) in [5.74, 6) is 1.74. The molecule has 1 atom stereocenters. The van der Waals surface area contributed by atoms with Gasteiger partial charge in [-0.2, -0.15) is 0 Å². The van der Waals surface area contributed by atoms with Crippen molar-refractivity contribution in [2.24, 2.45) is 0 Å². The SMILES string of the molecule is COc1ccc(Cn2c(C)nc3c2C=Cc2ccccc2C3O)cc1. The van der Waals surface area contributed by atoms with E-state index in [1.807, 2.05) is 49.4 Å². The highest BCUT2D eigenvalue weighted by atomic mass is 16.5. The van der Waals surface area contributed by atoms with E-state index in [9.17, 15) is 5.11 Å². The van der Waals surface area contributed by atoms with Crippen molar-refractivity contribution in [2.75, 3.05) is 7.11 Å². The minimum absolute atomic E-state index is 0.700. The van der Waals surface area contributed by atoms with Crippen LogP contribution in [0.5, 0.6) is 5.75 Å². The number of ether oxygens (including phenoxy) is 1. The first-order valence-corrected chi connectivity index (χ1v) is 8.32. The van der Waals surface area contributed by atoms with Gasteiger partial charge in [-0.05, 0) is 41.8 Å². The topological polar surface area (TPSA) is 47.3 Å². The van der Waals surface area contributed by atoms with E-state index in [2.05, 4.69) is 27.8 Å². The zero-order chi connectivity index (χ0) is 17.4. The molecule has 0 saturated heterocycles. The number of aryl methyl sites for hydroxylation is 1. The molecule has 1 aliphatic carbocycles. The van der Waals surface area contributed by atoms with E-state index in [-0.39, 0.29) is 0 Å². The van der Waals surface area contributed by atoms with Gasteiger partial charge in [-0.1, -0.05) is 42.5 Å². The summed E-state index contributed by atoms with van der Waals surface area (Å²) in [6, 6.07) is 15.9. The zero-order valence-electron chi connectivity index (χ0n) is 14.3. The van der Waals surface area contributed by atoms with E-state index in [1.54, 1.807) is 7.11 Å². The summed E-state index contributed by atoms with van der Waals surface area (Å²) in [6.07, 6.45) is 3.39. The number of methoxy groups -OCH3 is 1. The minimum Gasteiger partial charge on any atom is -0.497 e. The number of benzene rings is 2. The van der Waals surface area contributed by atoms with E-state index in [1.165, 1.54) is 0 Å². The molecular weight excluding hydrogens is 312 g/mol. The van der Waals surface area contributed by atoms with Crippen molar-refractivity contribution < 1.29 is 9.84 Å². The molecule has 0 saturated carbocycles. The Labute approximate surface area is 147 Å². The Morgan fingerprint density at radius 2 is 1.84 bits per heavy atom. The molecule has 2 aromatic carbocycles. The maximum Gasteiger partial charge on any atom is 0.124 e. The number of aliphatic hydroxyl groups is 1. The molecule has 126 valence electrons. The predicted octanol–water partition coefficient (Wildman–Crippen LogP) is 3.81. The zero-order valence-corrected chi connectivity index (χ0v) is 14.3. The third kappa shape index (κ3) is 2.75. The first kappa shape index (κ1) is 15.7. The van der Waals surface area contributed by atoms with Gasteiger partial charge in [0.25, 0.3) is 0 Å². The summed E-state index contributed by atoms with van der Waals surface area (Å²) in [5, 5.41) is 10.8. The molecule has 4 heteroatoms. The lowest BCUT2D eigenvalue weighted by molar-refractivity contribution is 0.215. The maximum absolute atomic E-state index is 10.8. The lowest BCUT2D eigenvalue weighted by Gasteiger charge is -2.11. The van der Waals surface area contributed by atoms with Gasteiger partial charge < -0.3 is 14.4 Å². The fourth-order valence-corrected chi connectivity index (χ4v) is 3.32. The predicted molar refractivity (Wildman–Crippen MR) is 98.5 cm³/mol. The molecule has 0 aliphatic heterocycles. The molecule has 0 radical (unpaired) electrons. The van der Waals surface area contributed by atoms with Crippen LogP contribution < -0.4 is 4.74 Å². The molecule has 4 nitrogen and oxygen atoms in total. The van der Waals surface area contributed by atoms with Crippen LogP contribution in [0.4, 0.5) is 0 Å². The summed E-state index contributed by atoms with van der Waals surface area (Å²) >= 11 is 0. The van der Waals surface area contributed by atoms with Crippen LogP contribution in [-0.2, 0) is 6.54 Å². The molecule has 3 aromatic rings. The molecule has 1 unspecified atom stereocenters. The standard InChI is InChI=1S/C21H20N2O2/c1-14-22-20-19(12-9-16-5-3-4-6-18(16)21(20)24)23(14)13-15-7-10-17(25-2)11-8-15/h3-12,21,24H,13H2,1-2H3. The Morgan fingerprint density at radius 3 is 2.60 bits per heavy atom. The smallest absolute Gasteiger partial charge is 0.124 e. The number of nitrogens with zero attached hydrogens (tertiary/aromatic N) is 2. The largest absolute Gasteiger partial charge is 0.497 e. The average Bonchev–Trinajstić information content (AvgIpc) is 2.88. The Kier molecular flexibility index (Phi) is 3.90. The molecule has 0 spiro atoms. The summed E-state index contributed by atoms with van der Waals surface area (Å²) in [4.78, 5) is 4.66. The highest BCUT2D eigenvalue weighted by Crippen LogP contribution is 2.33. The number of fused-ring (bicyclic) bond motifs is 2. The molecule has 0 amide bonds. The lowest BCUT2D eigenvalue weighted by atomic mass is 10.0. The Bertz CT molecular complexity index is 939. The minimum atomic E-state index is -0.711. The monoisotopic (exact) mass is 332 g/mol. The van der Waals surface area contributed by atoms with E-state index in [0.29, 0.717) is 12.2 Å². The first-order valence-electron chi connectivity index (χ1n) is 8.32. The molecule has 1 heterocycles. The van der Waals surface area contributed by atoms with Crippen LogP contribution in [0, 0.1) is 6.92 Å². The lowest BCUT2D eigenvalue weighted by Crippen LogP contribution is -2.06. The average molecular weight is 332 g/mol. The highest BCUT2D eigenvalue weighted by molar-refractivity contribution is 5.74. The van der Waals surface area contributed by atoms with E-state index in [0.717, 1.165) is 34.0 Å². The van der Waals surface area contributed by atoms with Gasteiger partial charge in [0.2, 0.25) is 0 Å². The number of imidazole rings is 1. The van der Waals surface area contributed by atoms with Crippen molar-refractivity contribution >= 4 is 12.2 Å². The second-order valence-corrected chi connectivity index (χ2v) is 6.23. The third-order valence-corrected chi connectivity index (χ3v) is 4.70. The number of aliphatic hydroxyl groups excluding tert-OH is 1. The summed E-state index contributed by atoms with van der Waals surface area (Å²) in [7, 11) is 1.67. The molecule has 0 fully saturated rings. The summed E-state index contributed by atoms with van der Waals surface area (Å²) in [6.45, 7) is 2.68. The van der Waals surface area contributed by atoms with Crippen LogP contribution in [0.1, 0.15) is 40.0 Å². The molecule has 0 bridgehead atoms. The van der Waals surface area contributed by atoms with Crippen LogP contribution in [0.3, 0.4) is 0 Å². The van der Waals surface area contributed by atoms with Gasteiger partial charge in [-0.3, -0.25) is 0 Å². The van der Waals surface area contributed by atoms with Crippen LogP contribution in [0.2, 0.25) is 0 Å². The van der Waals surface area contributed by atoms with Crippen molar-refractivity contribution in [3.8, 4) is 5.75 Å². The fraction of sp³-hybridized carbons (Fsp3) is 0.190. The van der Waals surface area contributed by atoms with Crippen LogP contribution >= 0.6 is 0 Å². The van der Waals surface area contributed by atoms with Gasteiger partial charge in [-0.25, -0.2) is 4.98 Å². The third-order valence-electron chi connectivity index (χ3n) is 4.70. The van der Waals surface area contributed by atoms with Gasteiger partial charge in [0.05, 0.1) is 18.5 Å².